The van der Waals surface area contributed by atoms with E-state index in [-0.39, 0.29) is 103 Å². The molecule has 13 heteroatoms. The minimum atomic E-state index is -0.393. The van der Waals surface area contributed by atoms with Gasteiger partial charge in [0.15, 0.2) is 6.79 Å². The first-order valence-corrected chi connectivity index (χ1v) is 49.5. The van der Waals surface area contributed by atoms with Crippen LogP contribution in [-0.2, 0) is 61.9 Å². The Balaban J connectivity index is 0.000000149. The molecule has 0 spiro atoms. The maximum Gasteiger partial charge on any atom is 0.313 e. The largest absolute Gasteiger partial charge is 0.458 e. The van der Waals surface area contributed by atoms with Crippen molar-refractivity contribution in [3.63, 3.8) is 0 Å². The first-order valence-electron chi connectivity index (χ1n) is 49.5. The molecule has 20 aliphatic carbocycles. The molecule has 672 valence electrons. The number of unbranched alkanes of at least 4 members (excludes halogenated alkanes) is 1. The molecular weight excluding hydrogens is 1460 g/mol. The highest BCUT2D eigenvalue weighted by Gasteiger charge is 2.67. The van der Waals surface area contributed by atoms with Crippen LogP contribution in [-0.4, -0.2) is 77.2 Å². The molecule has 0 aromatic heterocycles. The zero-order chi connectivity index (χ0) is 86.4. The van der Waals surface area contributed by atoms with E-state index in [2.05, 4.69) is 90.0 Å². The van der Waals surface area contributed by atoms with E-state index < -0.39 is 5.41 Å². The summed E-state index contributed by atoms with van der Waals surface area (Å²) < 4.78 is 41.7. The van der Waals surface area contributed by atoms with E-state index in [4.69, 9.17) is 33.2 Å². The molecule has 20 aliphatic rings. The fraction of sp³-hybridized carbons (Fsp3) is 0.942. The van der Waals surface area contributed by atoms with E-state index in [0.717, 1.165) is 117 Å². The van der Waals surface area contributed by atoms with Crippen LogP contribution < -0.4 is 0 Å². The molecule has 0 radical (unpaired) electrons. The van der Waals surface area contributed by atoms with Crippen LogP contribution in [0, 0.1) is 162 Å². The number of carbonyl (C=O) groups is 6. The topological polar surface area (TPSA) is 167 Å². The predicted molar refractivity (Wildman–Crippen MR) is 471 cm³/mol. The third-order valence-corrected chi connectivity index (χ3v) is 36.8. The van der Waals surface area contributed by atoms with E-state index in [1.54, 1.807) is 0 Å². The Bertz CT molecular complexity index is 3190. The Labute approximate surface area is 715 Å². The van der Waals surface area contributed by atoms with E-state index in [9.17, 15) is 28.8 Å². The Morgan fingerprint density at radius 1 is 0.308 bits per heavy atom. The third kappa shape index (κ3) is 19.7. The fourth-order valence-corrected chi connectivity index (χ4v) is 27.6. The molecule has 0 aromatic rings. The summed E-state index contributed by atoms with van der Waals surface area (Å²) >= 11 is 0. The zero-order valence-electron chi connectivity index (χ0n) is 80.3. The molecule has 117 heavy (non-hydrogen) atoms. The van der Waals surface area contributed by atoms with Crippen LogP contribution in [0.4, 0.5) is 0 Å². The molecule has 0 unspecified atom stereocenters. The monoisotopic (exact) mass is 1640 g/mol. The fourth-order valence-electron chi connectivity index (χ4n) is 27.6. The molecule has 0 atom stereocenters. The van der Waals surface area contributed by atoms with Crippen LogP contribution in [0.2, 0.25) is 0 Å². The van der Waals surface area contributed by atoms with Gasteiger partial charge in [0, 0.05) is 17.3 Å². The quantitative estimate of drug-likeness (QED) is 0.0348. The summed E-state index contributed by atoms with van der Waals surface area (Å²) in [6.45, 7) is 57.2. The van der Waals surface area contributed by atoms with Gasteiger partial charge in [-0.1, -0.05) is 103 Å². The van der Waals surface area contributed by atoms with E-state index in [0.29, 0.717) is 71.7 Å². The molecule has 0 N–H and O–H groups in total. The molecule has 0 heterocycles. The summed E-state index contributed by atoms with van der Waals surface area (Å²) in [5, 5.41) is 0. The lowest BCUT2D eigenvalue weighted by Crippen LogP contribution is -2.66. The summed E-state index contributed by atoms with van der Waals surface area (Å²) in [6.07, 6.45) is 43.7. The van der Waals surface area contributed by atoms with E-state index in [1.165, 1.54) is 173 Å². The molecule has 20 fully saturated rings. The van der Waals surface area contributed by atoms with Crippen LogP contribution in [0.25, 0.3) is 0 Å². The van der Waals surface area contributed by atoms with Gasteiger partial charge in [0.2, 0.25) is 0 Å². The van der Waals surface area contributed by atoms with Crippen LogP contribution >= 0.6 is 0 Å². The van der Waals surface area contributed by atoms with Gasteiger partial charge in [0.05, 0.1) is 39.1 Å². The van der Waals surface area contributed by atoms with Crippen LogP contribution in [0.15, 0.2) is 0 Å². The summed E-state index contributed by atoms with van der Waals surface area (Å²) in [6, 6.07) is 0. The number of hydrogen-bond acceptors (Lipinski definition) is 13. The van der Waals surface area contributed by atoms with Gasteiger partial charge in [0.25, 0.3) is 0 Å². The van der Waals surface area contributed by atoms with Crippen LogP contribution in [0.1, 0.15) is 418 Å². The highest BCUT2D eigenvalue weighted by Crippen LogP contribution is 2.68. The van der Waals surface area contributed by atoms with Gasteiger partial charge in [-0.25, -0.2) is 0 Å². The maximum absolute atomic E-state index is 12.9. The average Bonchev–Trinajstić information content (AvgIpc) is 0.725. The standard InChI is InChI=1S/2C20H34O2.C19H32O2.C18H30O2.C17H28O2.C10H20O3/c1-7-19(5,6)17(21)22-20(18(2,3)4)15-9-13-8-14(11-15)12-16(20)10-13;1-5-7-8-20(22-18(21)19(3,4)6-2)16-10-14-9-15(12-16)13-17(20)11-14;1-6-18(4,5)17(20)21-19(12(2)3)15-8-13-7-14(10-15)11-16(19)9-13;1-5-17(3,4)16(19)20-18(6-2)14-8-12-7-13(10-14)11-15(18)9-12;1-5-16(2,3)15(18)19-17(4)13-7-11-6-12(9-13)10-14(17)8-11;1-5-7-12-8-13-9(11)10(3,4)6-2/h13-16H,7-12H2,1-6H3;14-17H,5-13H2,1-4H3;12-16H,6-11H2,1-5H3;12-15H,5-11H2,1-4H3;11-14H,5-10H2,1-4H3;5-8H2,1-4H3. The minimum Gasteiger partial charge on any atom is -0.458 e. The summed E-state index contributed by atoms with van der Waals surface area (Å²) in [4.78, 5) is 75.0. The molecule has 20 bridgehead atoms. The predicted octanol–water partition coefficient (Wildman–Crippen LogP) is 26.5. The molecule has 20 rings (SSSR count). The lowest BCUT2D eigenvalue weighted by atomic mass is 9.45. The van der Waals surface area contributed by atoms with Gasteiger partial charge in [-0.2, -0.15) is 0 Å². The van der Waals surface area contributed by atoms with Crippen molar-refractivity contribution >= 4 is 35.8 Å². The van der Waals surface area contributed by atoms with Crippen LogP contribution in [0.3, 0.4) is 0 Å². The van der Waals surface area contributed by atoms with Crippen molar-refractivity contribution in [1.29, 1.82) is 0 Å². The number of ether oxygens (including phenoxy) is 7. The second-order valence-corrected chi connectivity index (χ2v) is 48.0. The Morgan fingerprint density at radius 2 is 0.573 bits per heavy atom. The van der Waals surface area contributed by atoms with Crippen molar-refractivity contribution < 1.29 is 61.9 Å². The summed E-state index contributed by atoms with van der Waals surface area (Å²) in [5.41, 5.74) is -2.92. The summed E-state index contributed by atoms with van der Waals surface area (Å²) in [7, 11) is 0. The van der Waals surface area contributed by atoms with Gasteiger partial charge in [0.1, 0.15) is 28.0 Å². The Hall–Kier alpha value is -3.22. The second-order valence-electron chi connectivity index (χ2n) is 48.0. The molecular formula is C104H178O13. The van der Waals surface area contributed by atoms with E-state index >= 15 is 0 Å². The second kappa shape index (κ2) is 37.1. The number of rotatable bonds is 26. The van der Waals surface area contributed by atoms with E-state index in [1.807, 2.05) is 96.9 Å². The first-order chi connectivity index (χ1) is 54.6. The highest BCUT2D eigenvalue weighted by atomic mass is 16.7. The molecule has 0 saturated heterocycles. The lowest BCUT2D eigenvalue weighted by Gasteiger charge is -2.64. The zero-order valence-corrected chi connectivity index (χ0v) is 80.3. The van der Waals surface area contributed by atoms with Crippen molar-refractivity contribution in [2.24, 2.45) is 162 Å². The molecule has 0 aliphatic heterocycles. The number of hydrogen-bond donors (Lipinski definition) is 0. The summed E-state index contributed by atoms with van der Waals surface area (Å²) in [5.74, 6) is 15.8. The SMILES string of the molecule is CCC(C)(C)C(=O)OC1(C(C)(C)C)C2CC3CC(C2)CC1C3.CCC(C)(C)C(=O)OC1(C(C)C)C2CC3CC(C2)CC1C3.CCC(C)(C)C(=O)OC1(C)C2CC3CC(C2)CC1C3.CCC(C)(C)C(=O)OC1(CC)C2CC3CC(C2)CC1C3.CCCCC1(OC(=O)C(C)(C)CC)C2CC3CC(C2)CC1C3.CCCOCOC(=O)C(C)(C)CC. The third-order valence-electron chi connectivity index (χ3n) is 36.8. The minimum absolute atomic E-state index is 0.0185. The average molecular weight is 1640 g/mol. The van der Waals surface area contributed by atoms with Gasteiger partial charge >= 0.3 is 35.8 Å². The molecule has 0 amide bonds. The van der Waals surface area contributed by atoms with Crippen molar-refractivity contribution in [3.05, 3.63) is 0 Å². The van der Waals surface area contributed by atoms with Gasteiger partial charge < -0.3 is 33.2 Å². The van der Waals surface area contributed by atoms with Crippen molar-refractivity contribution in [2.45, 2.75) is 446 Å². The number of carbonyl (C=O) groups excluding carboxylic acids is 6. The van der Waals surface area contributed by atoms with Gasteiger partial charge in [-0.3, -0.25) is 28.8 Å². The smallest absolute Gasteiger partial charge is 0.313 e. The van der Waals surface area contributed by atoms with Crippen molar-refractivity contribution in [2.75, 3.05) is 13.4 Å². The molecule has 0 aromatic carbocycles. The first kappa shape index (κ1) is 96.0. The normalized spacial score (nSPS) is 38.5. The van der Waals surface area contributed by atoms with Gasteiger partial charge in [-0.05, 0) is 427 Å². The highest BCUT2D eigenvalue weighted by molar-refractivity contribution is 5.79. The van der Waals surface area contributed by atoms with Crippen molar-refractivity contribution in [1.82, 2.24) is 0 Å². The van der Waals surface area contributed by atoms with Crippen molar-refractivity contribution in [3.8, 4) is 0 Å². The number of esters is 6. The maximum atomic E-state index is 12.9. The Kier molecular flexibility index (Phi) is 30.5. The van der Waals surface area contributed by atoms with Crippen LogP contribution in [0.5, 0.6) is 0 Å². The van der Waals surface area contributed by atoms with Gasteiger partial charge in [-0.15, -0.1) is 0 Å². The lowest BCUT2D eigenvalue weighted by molar-refractivity contribution is -0.250. The Morgan fingerprint density at radius 3 is 0.863 bits per heavy atom. The molecule has 20 saturated carbocycles. The molecule has 13 nitrogen and oxygen atoms in total.